The van der Waals surface area contributed by atoms with E-state index in [1.807, 2.05) is 12.1 Å². The van der Waals surface area contributed by atoms with Crippen LogP contribution in [0.2, 0.25) is 0 Å². The highest BCUT2D eigenvalue weighted by molar-refractivity contribution is 7.84. The van der Waals surface area contributed by atoms with Crippen molar-refractivity contribution in [3.8, 4) is 0 Å². The van der Waals surface area contributed by atoms with Crippen molar-refractivity contribution >= 4 is 16.5 Å². The summed E-state index contributed by atoms with van der Waals surface area (Å²) in [6, 6.07) is 7.31. The fraction of sp³-hybridized carbons (Fsp3) is 0.308. The molecule has 2 aromatic rings. The summed E-state index contributed by atoms with van der Waals surface area (Å²) in [5, 5.41) is 15.1. The molecule has 6 nitrogen and oxygen atoms in total. The number of aryl methyl sites for hydroxylation is 1. The zero-order valence-electron chi connectivity index (χ0n) is 11.5. The molecule has 1 heterocycles. The first-order valence-corrected chi connectivity index (χ1v) is 7.56. The molecular weight excluding hydrogens is 278 g/mol. The standard InChI is InChI=1S/C13H15N3O3S/c1-9-13(16(17)18)10(2)15(14-9)8-11-4-6-12(7-5-11)20(3)19/h4-7H,8H2,1-3H3/t20-/m0/s1. The van der Waals surface area contributed by atoms with Crippen LogP contribution in [0.4, 0.5) is 5.69 Å². The number of benzene rings is 1. The van der Waals surface area contributed by atoms with Crippen LogP contribution in [0.25, 0.3) is 0 Å². The third-order valence-electron chi connectivity index (χ3n) is 3.11. The molecule has 0 radical (unpaired) electrons. The summed E-state index contributed by atoms with van der Waals surface area (Å²) < 4.78 is 12.9. The van der Waals surface area contributed by atoms with E-state index in [-0.39, 0.29) is 5.69 Å². The predicted molar refractivity (Wildman–Crippen MR) is 76.2 cm³/mol. The van der Waals surface area contributed by atoms with Crippen LogP contribution in [0.5, 0.6) is 0 Å². The number of aromatic nitrogens is 2. The Morgan fingerprint density at radius 1 is 1.30 bits per heavy atom. The molecule has 1 aromatic carbocycles. The van der Waals surface area contributed by atoms with Crippen LogP contribution in [0.15, 0.2) is 29.2 Å². The Morgan fingerprint density at radius 3 is 2.35 bits per heavy atom. The highest BCUT2D eigenvalue weighted by Crippen LogP contribution is 2.22. The van der Waals surface area contributed by atoms with Crippen molar-refractivity contribution in [3.05, 3.63) is 51.3 Å². The highest BCUT2D eigenvalue weighted by atomic mass is 32.2. The van der Waals surface area contributed by atoms with Gasteiger partial charge in [-0.2, -0.15) is 5.10 Å². The van der Waals surface area contributed by atoms with Gasteiger partial charge in [-0.3, -0.25) is 19.0 Å². The largest absolute Gasteiger partial charge is 0.312 e. The Labute approximate surface area is 119 Å². The smallest absolute Gasteiger partial charge is 0.258 e. The second kappa shape index (κ2) is 5.54. The molecule has 1 atom stereocenters. The molecule has 0 spiro atoms. The van der Waals surface area contributed by atoms with E-state index in [0.29, 0.717) is 17.9 Å². The average Bonchev–Trinajstić information content (AvgIpc) is 2.65. The van der Waals surface area contributed by atoms with E-state index in [1.54, 1.807) is 36.9 Å². The van der Waals surface area contributed by atoms with Crippen LogP contribution in [-0.4, -0.2) is 25.2 Å². The van der Waals surface area contributed by atoms with Gasteiger partial charge in [-0.15, -0.1) is 0 Å². The summed E-state index contributed by atoms with van der Waals surface area (Å²) in [4.78, 5) is 11.3. The van der Waals surface area contributed by atoms with Gasteiger partial charge in [0, 0.05) is 22.0 Å². The number of nitrogens with zero attached hydrogens (tertiary/aromatic N) is 3. The fourth-order valence-electron chi connectivity index (χ4n) is 2.07. The fourth-order valence-corrected chi connectivity index (χ4v) is 2.58. The molecule has 0 amide bonds. The van der Waals surface area contributed by atoms with Crippen molar-refractivity contribution < 1.29 is 9.13 Å². The first-order chi connectivity index (χ1) is 9.40. The maximum Gasteiger partial charge on any atom is 0.312 e. The van der Waals surface area contributed by atoms with Gasteiger partial charge in [0.05, 0.1) is 11.5 Å². The number of nitro groups is 1. The van der Waals surface area contributed by atoms with Gasteiger partial charge in [-0.1, -0.05) is 12.1 Å². The van der Waals surface area contributed by atoms with Crippen LogP contribution < -0.4 is 0 Å². The highest BCUT2D eigenvalue weighted by Gasteiger charge is 2.21. The Bertz CT molecular complexity index is 677. The van der Waals surface area contributed by atoms with E-state index in [2.05, 4.69) is 5.10 Å². The zero-order chi connectivity index (χ0) is 14.9. The van der Waals surface area contributed by atoms with Crippen molar-refractivity contribution in [1.29, 1.82) is 0 Å². The van der Waals surface area contributed by atoms with E-state index >= 15 is 0 Å². The third-order valence-corrected chi connectivity index (χ3v) is 4.05. The lowest BCUT2D eigenvalue weighted by Crippen LogP contribution is -2.04. The molecule has 0 aliphatic carbocycles. The van der Waals surface area contributed by atoms with Crippen LogP contribution in [0.3, 0.4) is 0 Å². The van der Waals surface area contributed by atoms with Gasteiger partial charge >= 0.3 is 5.69 Å². The second-order valence-corrected chi connectivity index (χ2v) is 5.91. The Balaban J connectivity index is 2.28. The van der Waals surface area contributed by atoms with Gasteiger partial charge in [0.2, 0.25) is 0 Å². The Kier molecular flexibility index (Phi) is 3.99. The molecule has 0 saturated carbocycles. The molecule has 1 aromatic heterocycles. The summed E-state index contributed by atoms with van der Waals surface area (Å²) in [6.45, 7) is 3.77. The molecule has 106 valence electrons. The number of rotatable bonds is 4. The van der Waals surface area contributed by atoms with Gasteiger partial charge in [0.25, 0.3) is 0 Å². The Morgan fingerprint density at radius 2 is 1.90 bits per heavy atom. The molecule has 0 bridgehead atoms. The number of hydrogen-bond acceptors (Lipinski definition) is 4. The van der Waals surface area contributed by atoms with E-state index in [9.17, 15) is 14.3 Å². The minimum absolute atomic E-state index is 0.0660. The lowest BCUT2D eigenvalue weighted by Gasteiger charge is -2.04. The molecule has 0 unspecified atom stereocenters. The lowest BCUT2D eigenvalue weighted by atomic mass is 10.2. The monoisotopic (exact) mass is 293 g/mol. The molecule has 0 saturated heterocycles. The normalized spacial score (nSPS) is 12.3. The van der Waals surface area contributed by atoms with Crippen molar-refractivity contribution in [2.75, 3.05) is 6.26 Å². The van der Waals surface area contributed by atoms with Crippen LogP contribution in [-0.2, 0) is 17.3 Å². The van der Waals surface area contributed by atoms with Crippen LogP contribution in [0, 0.1) is 24.0 Å². The minimum Gasteiger partial charge on any atom is -0.258 e. The van der Waals surface area contributed by atoms with Crippen molar-refractivity contribution in [3.63, 3.8) is 0 Å². The van der Waals surface area contributed by atoms with Gasteiger partial charge in [0.1, 0.15) is 11.4 Å². The first kappa shape index (κ1) is 14.4. The van der Waals surface area contributed by atoms with Crippen LogP contribution in [0.1, 0.15) is 17.0 Å². The van der Waals surface area contributed by atoms with Crippen molar-refractivity contribution in [2.45, 2.75) is 25.3 Å². The van der Waals surface area contributed by atoms with Crippen molar-refractivity contribution in [2.24, 2.45) is 0 Å². The first-order valence-electron chi connectivity index (χ1n) is 6.01. The van der Waals surface area contributed by atoms with Gasteiger partial charge in [-0.05, 0) is 31.5 Å². The molecule has 2 rings (SSSR count). The third kappa shape index (κ3) is 2.77. The predicted octanol–water partition coefficient (Wildman–Crippen LogP) is 2.19. The molecular formula is C13H15N3O3S. The van der Waals surface area contributed by atoms with E-state index < -0.39 is 15.7 Å². The van der Waals surface area contributed by atoms with E-state index in [0.717, 1.165) is 10.5 Å². The van der Waals surface area contributed by atoms with Gasteiger partial charge in [-0.25, -0.2) is 0 Å². The van der Waals surface area contributed by atoms with Crippen LogP contribution >= 0.6 is 0 Å². The number of hydrogen-bond donors (Lipinski definition) is 0. The summed E-state index contributed by atoms with van der Waals surface area (Å²) in [5.41, 5.74) is 1.98. The molecule has 0 fully saturated rings. The average molecular weight is 293 g/mol. The maximum atomic E-state index is 11.3. The topological polar surface area (TPSA) is 78.0 Å². The van der Waals surface area contributed by atoms with Gasteiger partial charge in [0.15, 0.2) is 0 Å². The quantitative estimate of drug-likeness (QED) is 0.639. The summed E-state index contributed by atoms with van der Waals surface area (Å²) in [7, 11) is -1.01. The molecule has 0 aliphatic heterocycles. The molecule has 20 heavy (non-hydrogen) atoms. The Hall–Kier alpha value is -2.02. The minimum atomic E-state index is -1.01. The molecule has 0 aliphatic rings. The summed E-state index contributed by atoms with van der Waals surface area (Å²) in [5.74, 6) is 0. The molecule has 7 heteroatoms. The second-order valence-electron chi connectivity index (χ2n) is 4.53. The molecule has 0 N–H and O–H groups in total. The van der Waals surface area contributed by atoms with E-state index in [4.69, 9.17) is 0 Å². The van der Waals surface area contributed by atoms with E-state index in [1.165, 1.54) is 0 Å². The van der Waals surface area contributed by atoms with Gasteiger partial charge < -0.3 is 0 Å². The zero-order valence-corrected chi connectivity index (χ0v) is 12.3. The summed E-state index contributed by atoms with van der Waals surface area (Å²) >= 11 is 0. The summed E-state index contributed by atoms with van der Waals surface area (Å²) in [6.07, 6.45) is 1.62. The SMILES string of the molecule is Cc1nn(Cc2ccc([S@](C)=O)cc2)c(C)c1[N+](=O)[O-]. The van der Waals surface area contributed by atoms with Crippen molar-refractivity contribution in [1.82, 2.24) is 9.78 Å². The maximum absolute atomic E-state index is 11.3. The lowest BCUT2D eigenvalue weighted by molar-refractivity contribution is -0.386.